The largest absolute Gasteiger partial charge is 0.326 e. The molecule has 0 saturated carbocycles. The molecule has 0 aromatic heterocycles. The van der Waals surface area contributed by atoms with Gasteiger partial charge >= 0.3 is 0 Å². The first-order valence-electron chi connectivity index (χ1n) is 7.75. The average Bonchev–Trinajstić information content (AvgIpc) is 2.70. The number of nitrogens with zero attached hydrogens (tertiary/aromatic N) is 1. The predicted molar refractivity (Wildman–Crippen MR) is 85.8 cm³/mol. The van der Waals surface area contributed by atoms with Gasteiger partial charge in [-0.1, -0.05) is 19.1 Å². The topological polar surface area (TPSA) is 63.4 Å². The highest BCUT2D eigenvalue weighted by Crippen LogP contribution is 2.18. The molecule has 1 aromatic rings. The maximum Gasteiger partial charge on any atom is 0.179 e. The summed E-state index contributed by atoms with van der Waals surface area (Å²) in [4.78, 5) is 2.68. The molecule has 1 saturated heterocycles. The van der Waals surface area contributed by atoms with Gasteiger partial charge < -0.3 is 10.6 Å². The first-order valence-corrected chi connectivity index (χ1v) is 9.40. The third kappa shape index (κ3) is 4.80. The first-order chi connectivity index (χ1) is 10.0. The lowest BCUT2D eigenvalue weighted by molar-refractivity contribution is 0.298. The molecule has 4 nitrogen and oxygen atoms in total. The van der Waals surface area contributed by atoms with Crippen molar-refractivity contribution in [2.24, 2.45) is 11.7 Å². The minimum atomic E-state index is -3.21. The van der Waals surface area contributed by atoms with Crippen molar-refractivity contribution < 1.29 is 8.42 Å². The van der Waals surface area contributed by atoms with Gasteiger partial charge in [-0.15, -0.1) is 0 Å². The smallest absolute Gasteiger partial charge is 0.179 e. The first kappa shape index (κ1) is 16.5. The molecule has 0 spiro atoms. The summed E-state index contributed by atoms with van der Waals surface area (Å²) in [6, 6.07) is 6.98. The molecular weight excluding hydrogens is 284 g/mol. The van der Waals surface area contributed by atoms with E-state index in [0.717, 1.165) is 24.6 Å². The van der Waals surface area contributed by atoms with Gasteiger partial charge in [0.05, 0.1) is 10.6 Å². The lowest BCUT2D eigenvalue weighted by atomic mass is 10.0. The maximum atomic E-state index is 12.4. The summed E-state index contributed by atoms with van der Waals surface area (Å²) in [5.41, 5.74) is 6.44. The number of nitrogens with two attached hydrogens (primary N) is 1. The van der Waals surface area contributed by atoms with E-state index in [-0.39, 0.29) is 5.75 Å². The Morgan fingerprint density at radius 3 is 2.86 bits per heavy atom. The Morgan fingerprint density at radius 2 is 2.10 bits per heavy atom. The molecule has 0 amide bonds. The third-order valence-corrected chi connectivity index (χ3v) is 5.97. The van der Waals surface area contributed by atoms with Gasteiger partial charge in [-0.2, -0.15) is 0 Å². The van der Waals surface area contributed by atoms with Crippen molar-refractivity contribution in [1.82, 2.24) is 4.90 Å². The summed E-state index contributed by atoms with van der Waals surface area (Å²) in [6.07, 6.45) is 3.59. The zero-order valence-electron chi connectivity index (χ0n) is 12.8. The van der Waals surface area contributed by atoms with Gasteiger partial charge in [-0.3, -0.25) is 0 Å². The van der Waals surface area contributed by atoms with Crippen molar-refractivity contribution in [1.29, 1.82) is 0 Å². The fourth-order valence-corrected chi connectivity index (χ4v) is 4.13. The second-order valence-corrected chi connectivity index (χ2v) is 8.16. The molecule has 0 radical (unpaired) electrons. The van der Waals surface area contributed by atoms with E-state index >= 15 is 0 Å². The molecule has 2 rings (SSSR count). The molecule has 1 atom stereocenters. The van der Waals surface area contributed by atoms with Crippen molar-refractivity contribution in [2.45, 2.75) is 37.6 Å². The molecule has 118 valence electrons. The van der Waals surface area contributed by atoms with E-state index in [2.05, 4.69) is 11.8 Å². The fourth-order valence-electron chi connectivity index (χ4n) is 2.78. The molecule has 1 aromatic carbocycles. The van der Waals surface area contributed by atoms with Crippen molar-refractivity contribution in [2.75, 3.05) is 25.4 Å². The van der Waals surface area contributed by atoms with Gasteiger partial charge in [-0.05, 0) is 56.0 Å². The van der Waals surface area contributed by atoms with Gasteiger partial charge in [0.2, 0.25) is 0 Å². The van der Waals surface area contributed by atoms with E-state index in [0.29, 0.717) is 18.0 Å². The third-order valence-electron chi connectivity index (χ3n) is 4.28. The van der Waals surface area contributed by atoms with Crippen LogP contribution < -0.4 is 5.73 Å². The highest BCUT2D eigenvalue weighted by molar-refractivity contribution is 7.91. The molecule has 1 aliphatic rings. The fraction of sp³-hybridized carbons (Fsp3) is 0.625. The molecule has 2 N–H and O–H groups in total. The number of hydrogen-bond donors (Lipinski definition) is 1. The van der Waals surface area contributed by atoms with Crippen LogP contribution in [0.3, 0.4) is 0 Å². The molecule has 0 aliphatic carbocycles. The van der Waals surface area contributed by atoms with Crippen LogP contribution in [0.4, 0.5) is 0 Å². The lowest BCUT2D eigenvalue weighted by Crippen LogP contribution is -2.30. The summed E-state index contributed by atoms with van der Waals surface area (Å²) >= 11 is 0. The van der Waals surface area contributed by atoms with Crippen LogP contribution in [0, 0.1) is 5.92 Å². The Labute approximate surface area is 128 Å². The Kier molecular flexibility index (Phi) is 5.79. The zero-order chi connectivity index (χ0) is 15.3. The van der Waals surface area contributed by atoms with Crippen molar-refractivity contribution in [3.63, 3.8) is 0 Å². The monoisotopic (exact) mass is 310 g/mol. The van der Waals surface area contributed by atoms with E-state index in [4.69, 9.17) is 5.73 Å². The highest BCUT2D eigenvalue weighted by atomic mass is 32.2. The van der Waals surface area contributed by atoms with Crippen LogP contribution in [0.5, 0.6) is 0 Å². The predicted octanol–water partition coefficient (Wildman–Crippen LogP) is 2.04. The minimum Gasteiger partial charge on any atom is -0.326 e. The van der Waals surface area contributed by atoms with Gasteiger partial charge in [0, 0.05) is 13.1 Å². The molecule has 1 aliphatic heterocycles. The van der Waals surface area contributed by atoms with Gasteiger partial charge in [0.1, 0.15) is 0 Å². The normalized spacial score (nSPS) is 21.1. The van der Waals surface area contributed by atoms with Crippen molar-refractivity contribution >= 4 is 9.84 Å². The molecule has 1 unspecified atom stereocenters. The summed E-state index contributed by atoms with van der Waals surface area (Å²) in [5, 5.41) is 0. The Balaban J connectivity index is 1.97. The van der Waals surface area contributed by atoms with E-state index in [1.54, 1.807) is 18.2 Å². The van der Waals surface area contributed by atoms with Crippen LogP contribution in [-0.2, 0) is 16.4 Å². The van der Waals surface area contributed by atoms with E-state index in [1.165, 1.54) is 19.3 Å². The lowest BCUT2D eigenvalue weighted by Gasteiger charge is -2.19. The Bertz CT molecular complexity index is 557. The van der Waals surface area contributed by atoms with Crippen LogP contribution in [0.1, 0.15) is 31.7 Å². The van der Waals surface area contributed by atoms with Crippen LogP contribution >= 0.6 is 0 Å². The minimum absolute atomic E-state index is 0.190. The summed E-state index contributed by atoms with van der Waals surface area (Å²) in [7, 11) is -3.21. The van der Waals surface area contributed by atoms with Gasteiger partial charge in [0.15, 0.2) is 9.84 Å². The van der Waals surface area contributed by atoms with Gasteiger partial charge in [-0.25, -0.2) is 8.42 Å². The maximum absolute atomic E-state index is 12.4. The molecule has 0 bridgehead atoms. The molecule has 1 fully saturated rings. The quantitative estimate of drug-likeness (QED) is 0.904. The van der Waals surface area contributed by atoms with Gasteiger partial charge in [0.25, 0.3) is 0 Å². The number of rotatable bonds is 5. The molecule has 5 heteroatoms. The average molecular weight is 310 g/mol. The second kappa shape index (κ2) is 7.38. The standard InChI is InChI=1S/C16H26N2O2S/c1-14-4-3-8-18(9-7-14)10-11-21(19,20)16-6-2-5-15(12-16)13-17/h2,5-6,12,14H,3-4,7-11,13,17H2,1H3. The van der Waals surface area contributed by atoms with E-state index < -0.39 is 9.84 Å². The molecule has 1 heterocycles. The Morgan fingerprint density at radius 1 is 1.29 bits per heavy atom. The van der Waals surface area contributed by atoms with Crippen LogP contribution in [-0.4, -0.2) is 38.7 Å². The number of likely N-dealkylation sites (tertiary alicyclic amines) is 1. The summed E-state index contributed by atoms with van der Waals surface area (Å²) < 4.78 is 24.9. The number of hydrogen-bond acceptors (Lipinski definition) is 4. The molecule has 21 heavy (non-hydrogen) atoms. The highest BCUT2D eigenvalue weighted by Gasteiger charge is 2.19. The molecular formula is C16H26N2O2S. The van der Waals surface area contributed by atoms with E-state index in [1.807, 2.05) is 6.07 Å². The van der Waals surface area contributed by atoms with Crippen molar-refractivity contribution in [3.05, 3.63) is 29.8 Å². The van der Waals surface area contributed by atoms with Crippen LogP contribution in [0.15, 0.2) is 29.2 Å². The summed E-state index contributed by atoms with van der Waals surface area (Å²) in [6.45, 7) is 5.30. The van der Waals surface area contributed by atoms with E-state index in [9.17, 15) is 8.42 Å². The SMILES string of the molecule is CC1CCCN(CCS(=O)(=O)c2cccc(CN)c2)CC1. The Hall–Kier alpha value is -0.910. The zero-order valence-corrected chi connectivity index (χ0v) is 13.6. The van der Waals surface area contributed by atoms with Crippen LogP contribution in [0.2, 0.25) is 0 Å². The second-order valence-electron chi connectivity index (χ2n) is 6.05. The van der Waals surface area contributed by atoms with Crippen LogP contribution in [0.25, 0.3) is 0 Å². The van der Waals surface area contributed by atoms with Crippen molar-refractivity contribution in [3.8, 4) is 0 Å². The number of sulfone groups is 1. The number of benzene rings is 1. The summed E-state index contributed by atoms with van der Waals surface area (Å²) in [5.74, 6) is 0.947.